The van der Waals surface area contributed by atoms with Crippen LogP contribution in [0.25, 0.3) is 0 Å². The monoisotopic (exact) mass is 383 g/mol. The molecule has 0 spiro atoms. The molecule has 0 amide bonds. The minimum absolute atomic E-state index is 0.260. The molecule has 0 aliphatic rings. The van der Waals surface area contributed by atoms with Crippen LogP contribution in [0.3, 0.4) is 0 Å². The molecule has 148 valence electrons. The molecule has 0 heterocycles. The lowest BCUT2D eigenvalue weighted by molar-refractivity contribution is 0.277. The van der Waals surface area contributed by atoms with Crippen molar-refractivity contribution in [3.8, 4) is 0 Å². The third-order valence-electron chi connectivity index (χ3n) is 5.70. The van der Waals surface area contributed by atoms with E-state index in [0.29, 0.717) is 5.04 Å². The molecule has 0 aliphatic carbocycles. The van der Waals surface area contributed by atoms with Crippen molar-refractivity contribution in [3.63, 3.8) is 0 Å². The summed E-state index contributed by atoms with van der Waals surface area (Å²) < 4.78 is 6.28. The van der Waals surface area contributed by atoms with Crippen LogP contribution in [0, 0.1) is 0 Å². The predicted molar refractivity (Wildman–Crippen MR) is 120 cm³/mol. The highest BCUT2D eigenvalue weighted by molar-refractivity contribution is 6.74. The molecular weight excluding hydrogens is 346 g/mol. The van der Waals surface area contributed by atoms with E-state index >= 15 is 0 Å². The zero-order valence-electron chi connectivity index (χ0n) is 17.8. The summed E-state index contributed by atoms with van der Waals surface area (Å²) in [6.07, 6.45) is 3.53. The lowest BCUT2D eigenvalue weighted by atomic mass is 9.98. The average Bonchev–Trinajstić information content (AvgIpc) is 2.64. The standard InChI is InChI=1S/C24H37NOSi/c1-24(2,3)27(4,5)26-20-14-8-13-19-25-23(21-15-9-6-10-16-21)22-17-11-7-12-18-22/h6-7,9-12,15-18,23,25H,8,13-14,19-20H2,1-5H3. The number of hydrogen-bond acceptors (Lipinski definition) is 2. The highest BCUT2D eigenvalue weighted by atomic mass is 28.4. The average molecular weight is 384 g/mol. The maximum absolute atomic E-state index is 6.28. The van der Waals surface area contributed by atoms with Gasteiger partial charge in [0.1, 0.15) is 0 Å². The number of unbranched alkanes of at least 4 members (excludes halogenated alkanes) is 2. The van der Waals surface area contributed by atoms with Crippen LogP contribution in [0.4, 0.5) is 0 Å². The van der Waals surface area contributed by atoms with Gasteiger partial charge >= 0.3 is 0 Å². The first-order valence-electron chi connectivity index (χ1n) is 10.3. The Morgan fingerprint density at radius 1 is 0.815 bits per heavy atom. The number of rotatable bonds is 10. The third-order valence-corrected chi connectivity index (χ3v) is 10.2. The highest BCUT2D eigenvalue weighted by Crippen LogP contribution is 2.36. The number of hydrogen-bond donors (Lipinski definition) is 1. The molecule has 2 aromatic carbocycles. The van der Waals surface area contributed by atoms with E-state index in [-0.39, 0.29) is 6.04 Å². The van der Waals surface area contributed by atoms with Gasteiger partial charge in [-0.25, -0.2) is 0 Å². The van der Waals surface area contributed by atoms with Crippen molar-refractivity contribution in [1.29, 1.82) is 0 Å². The van der Waals surface area contributed by atoms with Gasteiger partial charge < -0.3 is 9.74 Å². The van der Waals surface area contributed by atoms with Crippen LogP contribution in [0.2, 0.25) is 18.1 Å². The minimum Gasteiger partial charge on any atom is -0.417 e. The van der Waals surface area contributed by atoms with Crippen LogP contribution >= 0.6 is 0 Å². The van der Waals surface area contributed by atoms with Gasteiger partial charge in [-0.2, -0.15) is 0 Å². The Morgan fingerprint density at radius 3 is 1.81 bits per heavy atom. The topological polar surface area (TPSA) is 21.3 Å². The van der Waals surface area contributed by atoms with Crippen molar-refractivity contribution in [3.05, 3.63) is 71.8 Å². The van der Waals surface area contributed by atoms with Crippen molar-refractivity contribution in [2.75, 3.05) is 13.2 Å². The summed E-state index contributed by atoms with van der Waals surface area (Å²) in [5.41, 5.74) is 2.65. The molecule has 2 nitrogen and oxygen atoms in total. The van der Waals surface area contributed by atoms with Gasteiger partial charge in [0, 0.05) is 6.61 Å². The summed E-state index contributed by atoms with van der Waals surface area (Å²) in [4.78, 5) is 0. The molecule has 0 bridgehead atoms. The van der Waals surface area contributed by atoms with Gasteiger partial charge in [0.15, 0.2) is 8.32 Å². The van der Waals surface area contributed by atoms with Crippen molar-refractivity contribution in [1.82, 2.24) is 5.32 Å². The molecule has 1 N–H and O–H groups in total. The predicted octanol–water partition coefficient (Wildman–Crippen LogP) is 6.56. The van der Waals surface area contributed by atoms with E-state index in [0.717, 1.165) is 19.6 Å². The molecule has 2 rings (SSSR count). The van der Waals surface area contributed by atoms with Gasteiger partial charge in [0.25, 0.3) is 0 Å². The van der Waals surface area contributed by atoms with E-state index in [2.05, 4.69) is 99.8 Å². The fourth-order valence-electron chi connectivity index (χ4n) is 2.91. The van der Waals surface area contributed by atoms with Gasteiger partial charge in [-0.1, -0.05) is 81.4 Å². The summed E-state index contributed by atoms with van der Waals surface area (Å²) in [6, 6.07) is 21.7. The summed E-state index contributed by atoms with van der Waals surface area (Å²) in [5.74, 6) is 0. The normalized spacial score (nSPS) is 12.5. The van der Waals surface area contributed by atoms with Crippen molar-refractivity contribution in [2.24, 2.45) is 0 Å². The highest BCUT2D eigenvalue weighted by Gasteiger charge is 2.36. The number of nitrogens with one attached hydrogen (secondary N) is 1. The zero-order chi connectivity index (χ0) is 19.8. The molecule has 0 atom stereocenters. The van der Waals surface area contributed by atoms with Gasteiger partial charge in [-0.05, 0) is 55.1 Å². The molecule has 27 heavy (non-hydrogen) atoms. The van der Waals surface area contributed by atoms with E-state index in [4.69, 9.17) is 4.43 Å². The maximum atomic E-state index is 6.28. The molecule has 0 unspecified atom stereocenters. The van der Waals surface area contributed by atoms with E-state index in [1.807, 2.05) is 0 Å². The maximum Gasteiger partial charge on any atom is 0.191 e. The lowest BCUT2D eigenvalue weighted by Crippen LogP contribution is -2.40. The zero-order valence-corrected chi connectivity index (χ0v) is 18.8. The molecule has 3 heteroatoms. The van der Waals surface area contributed by atoms with E-state index in [1.54, 1.807) is 0 Å². The van der Waals surface area contributed by atoms with Crippen LogP contribution in [-0.2, 0) is 4.43 Å². The summed E-state index contributed by atoms with van der Waals surface area (Å²) in [5, 5.41) is 4.05. The molecule has 2 aromatic rings. The van der Waals surface area contributed by atoms with Crippen LogP contribution in [-0.4, -0.2) is 21.5 Å². The lowest BCUT2D eigenvalue weighted by Gasteiger charge is -2.36. The molecule has 0 radical (unpaired) electrons. The third kappa shape index (κ3) is 6.91. The Bertz CT molecular complexity index is 610. The van der Waals surface area contributed by atoms with Crippen molar-refractivity contribution >= 4 is 8.32 Å². The van der Waals surface area contributed by atoms with E-state index in [9.17, 15) is 0 Å². The van der Waals surface area contributed by atoms with Gasteiger partial charge in [0.2, 0.25) is 0 Å². The Morgan fingerprint density at radius 2 is 1.33 bits per heavy atom. The first-order valence-corrected chi connectivity index (χ1v) is 13.2. The Labute approximate surface area is 167 Å². The summed E-state index contributed by atoms with van der Waals surface area (Å²) in [6.45, 7) is 13.5. The van der Waals surface area contributed by atoms with Crippen LogP contribution in [0.1, 0.15) is 57.2 Å². The van der Waals surface area contributed by atoms with E-state index in [1.165, 1.54) is 24.0 Å². The molecule has 0 saturated carbocycles. The second kappa shape index (κ2) is 10.2. The van der Waals surface area contributed by atoms with Gasteiger partial charge in [0.05, 0.1) is 6.04 Å². The Hall–Kier alpha value is -1.42. The molecule has 0 saturated heterocycles. The second-order valence-electron chi connectivity index (χ2n) is 8.88. The van der Waals surface area contributed by atoms with Crippen LogP contribution in [0.15, 0.2) is 60.7 Å². The second-order valence-corrected chi connectivity index (χ2v) is 13.7. The van der Waals surface area contributed by atoms with E-state index < -0.39 is 8.32 Å². The molecule has 0 fully saturated rings. The first-order chi connectivity index (χ1) is 12.8. The smallest absolute Gasteiger partial charge is 0.191 e. The van der Waals surface area contributed by atoms with Crippen molar-refractivity contribution < 1.29 is 4.43 Å². The molecule has 0 aromatic heterocycles. The fraction of sp³-hybridized carbons (Fsp3) is 0.500. The Balaban J connectivity index is 1.77. The van der Waals surface area contributed by atoms with Crippen molar-refractivity contribution in [2.45, 2.75) is 64.2 Å². The molecular formula is C24H37NOSi. The molecule has 0 aliphatic heterocycles. The summed E-state index contributed by atoms with van der Waals surface area (Å²) in [7, 11) is -1.60. The van der Waals surface area contributed by atoms with Crippen LogP contribution < -0.4 is 5.32 Å². The first kappa shape index (κ1) is 21.9. The Kier molecular flexibility index (Phi) is 8.27. The van der Waals surface area contributed by atoms with Gasteiger partial charge in [-0.3, -0.25) is 0 Å². The van der Waals surface area contributed by atoms with Crippen LogP contribution in [0.5, 0.6) is 0 Å². The largest absolute Gasteiger partial charge is 0.417 e. The fourth-order valence-corrected chi connectivity index (χ4v) is 4.00. The van der Waals surface area contributed by atoms with Gasteiger partial charge in [-0.15, -0.1) is 0 Å². The SMILES string of the molecule is CC(C)(C)[Si](C)(C)OCCCCCNC(c1ccccc1)c1ccccc1. The minimum atomic E-state index is -1.60. The quantitative estimate of drug-likeness (QED) is 0.370. The number of benzene rings is 2. The summed E-state index contributed by atoms with van der Waals surface area (Å²) >= 11 is 0.